The van der Waals surface area contributed by atoms with Crippen LogP contribution < -0.4 is 5.32 Å². The normalized spacial score (nSPS) is 18.9. The van der Waals surface area contributed by atoms with Crippen LogP contribution in [0.3, 0.4) is 0 Å². The Morgan fingerprint density at radius 2 is 2.06 bits per heavy atom. The van der Waals surface area contributed by atoms with Gasteiger partial charge in [0.15, 0.2) is 0 Å². The number of aliphatic hydroxyl groups excluding tert-OH is 1. The molecule has 0 spiro atoms. The molecule has 2 N–H and O–H groups in total. The third-order valence-electron chi connectivity index (χ3n) is 3.61. The summed E-state index contributed by atoms with van der Waals surface area (Å²) in [7, 11) is 0. The third kappa shape index (κ3) is 2.63. The van der Waals surface area contributed by atoms with Gasteiger partial charge in [-0.25, -0.2) is 0 Å². The van der Waals surface area contributed by atoms with Crippen molar-refractivity contribution >= 4 is 0 Å². The highest BCUT2D eigenvalue weighted by atomic mass is 16.3. The van der Waals surface area contributed by atoms with Crippen molar-refractivity contribution < 1.29 is 5.11 Å². The van der Waals surface area contributed by atoms with Gasteiger partial charge >= 0.3 is 0 Å². The number of hydrogen-bond donors (Lipinski definition) is 2. The van der Waals surface area contributed by atoms with Crippen molar-refractivity contribution in [2.45, 2.75) is 44.7 Å². The number of hydrogen-bond acceptors (Lipinski definition) is 2. The molecule has 1 saturated carbocycles. The van der Waals surface area contributed by atoms with E-state index in [1.165, 1.54) is 24.0 Å². The summed E-state index contributed by atoms with van der Waals surface area (Å²) in [4.78, 5) is 0. The molecule has 2 nitrogen and oxygen atoms in total. The van der Waals surface area contributed by atoms with E-state index in [9.17, 15) is 5.11 Å². The lowest BCUT2D eigenvalue weighted by Gasteiger charge is -2.28. The zero-order valence-corrected chi connectivity index (χ0v) is 10.00. The average Bonchev–Trinajstić information content (AvgIpc) is 2.76. The van der Waals surface area contributed by atoms with Crippen LogP contribution in [-0.4, -0.2) is 17.3 Å². The third-order valence-corrected chi connectivity index (χ3v) is 3.61. The van der Waals surface area contributed by atoms with Crippen molar-refractivity contribution in [1.82, 2.24) is 5.32 Å². The van der Waals surface area contributed by atoms with E-state index >= 15 is 0 Å². The first-order valence-electron chi connectivity index (χ1n) is 6.16. The first-order valence-corrected chi connectivity index (χ1v) is 6.16. The summed E-state index contributed by atoms with van der Waals surface area (Å²) in [5.41, 5.74) is 2.59. The van der Waals surface area contributed by atoms with E-state index in [1.807, 2.05) is 0 Å². The van der Waals surface area contributed by atoms with E-state index in [1.54, 1.807) is 0 Å². The van der Waals surface area contributed by atoms with Gasteiger partial charge in [0.1, 0.15) is 0 Å². The second-order valence-electron chi connectivity index (χ2n) is 4.99. The summed E-state index contributed by atoms with van der Waals surface area (Å²) in [5, 5.41) is 13.0. The summed E-state index contributed by atoms with van der Waals surface area (Å²) in [6.07, 6.45) is 4.69. The van der Waals surface area contributed by atoms with Crippen molar-refractivity contribution in [3.63, 3.8) is 0 Å². The van der Waals surface area contributed by atoms with E-state index in [0.29, 0.717) is 0 Å². The smallest absolute Gasteiger partial charge is 0.0613 e. The van der Waals surface area contributed by atoms with Gasteiger partial charge in [0.25, 0.3) is 0 Å². The fourth-order valence-electron chi connectivity index (χ4n) is 2.55. The second-order valence-corrected chi connectivity index (χ2v) is 4.99. The molecule has 0 aliphatic heterocycles. The van der Waals surface area contributed by atoms with E-state index < -0.39 is 0 Å². The van der Waals surface area contributed by atoms with Crippen LogP contribution in [0.15, 0.2) is 24.3 Å². The Morgan fingerprint density at radius 3 is 2.69 bits per heavy atom. The van der Waals surface area contributed by atoms with Crippen molar-refractivity contribution in [2.75, 3.05) is 6.61 Å². The van der Waals surface area contributed by atoms with Gasteiger partial charge in [-0.05, 0) is 25.3 Å². The Bertz CT molecular complexity index is 342. The van der Waals surface area contributed by atoms with Crippen LogP contribution >= 0.6 is 0 Å². The van der Waals surface area contributed by atoms with Gasteiger partial charge in [-0.3, -0.25) is 0 Å². The van der Waals surface area contributed by atoms with Crippen LogP contribution in [0.1, 0.15) is 36.8 Å². The van der Waals surface area contributed by atoms with Gasteiger partial charge in [0.05, 0.1) is 6.61 Å². The van der Waals surface area contributed by atoms with E-state index in [-0.39, 0.29) is 12.1 Å². The van der Waals surface area contributed by atoms with E-state index in [2.05, 4.69) is 36.5 Å². The molecule has 0 aromatic heterocycles. The number of rotatable bonds is 4. The molecule has 2 rings (SSSR count). The minimum absolute atomic E-state index is 0.0102. The maximum atomic E-state index is 9.49. The first-order chi connectivity index (χ1) is 7.74. The predicted molar refractivity (Wildman–Crippen MR) is 66.3 cm³/mol. The Kier molecular flexibility index (Phi) is 3.62. The quantitative estimate of drug-likeness (QED) is 0.815. The molecule has 0 amide bonds. The van der Waals surface area contributed by atoms with E-state index in [0.717, 1.165) is 19.4 Å². The Hall–Kier alpha value is -0.860. The largest absolute Gasteiger partial charge is 0.394 e. The summed E-state index contributed by atoms with van der Waals surface area (Å²) in [6, 6.07) is 8.54. The monoisotopic (exact) mass is 219 g/mol. The predicted octanol–water partition coefficient (Wildman–Crippen LogP) is 2.39. The molecule has 0 unspecified atom stereocenters. The molecule has 2 heteroatoms. The van der Waals surface area contributed by atoms with E-state index in [4.69, 9.17) is 0 Å². The molecule has 1 aliphatic carbocycles. The van der Waals surface area contributed by atoms with Crippen LogP contribution in [0.25, 0.3) is 0 Å². The molecular formula is C14H21NO. The lowest BCUT2D eigenvalue weighted by atomic mass is 9.98. The lowest BCUT2D eigenvalue weighted by molar-refractivity contribution is 0.163. The van der Waals surface area contributed by atoms with Crippen LogP contribution in [0.2, 0.25) is 0 Å². The molecule has 1 fully saturated rings. The number of aliphatic hydroxyl groups is 1. The van der Waals surface area contributed by atoms with Crippen LogP contribution in [0.5, 0.6) is 0 Å². The highest BCUT2D eigenvalue weighted by Gasteiger charge is 2.32. The Labute approximate surface area is 97.7 Å². The van der Waals surface area contributed by atoms with Gasteiger partial charge in [0.2, 0.25) is 0 Å². The molecule has 0 radical (unpaired) electrons. The standard InChI is InChI=1S/C14H21NO/c1-12-5-4-6-13(9-12)10-15-14(11-16)7-2-3-8-14/h4-6,9,15-16H,2-3,7-8,10-11H2,1H3. The van der Waals surface area contributed by atoms with Crippen molar-refractivity contribution in [2.24, 2.45) is 0 Å². The zero-order valence-electron chi connectivity index (χ0n) is 10.00. The highest BCUT2D eigenvalue weighted by molar-refractivity contribution is 5.22. The minimum Gasteiger partial charge on any atom is -0.394 e. The SMILES string of the molecule is Cc1cccc(CNC2(CO)CCCC2)c1. The summed E-state index contributed by atoms with van der Waals surface area (Å²) in [6.45, 7) is 3.24. The molecule has 88 valence electrons. The van der Waals surface area contributed by atoms with Gasteiger partial charge in [-0.15, -0.1) is 0 Å². The molecule has 0 heterocycles. The number of benzene rings is 1. The molecule has 0 saturated heterocycles. The van der Waals surface area contributed by atoms with Crippen molar-refractivity contribution in [3.05, 3.63) is 35.4 Å². The second kappa shape index (κ2) is 4.98. The molecule has 1 aromatic carbocycles. The average molecular weight is 219 g/mol. The number of nitrogens with one attached hydrogen (secondary N) is 1. The Balaban J connectivity index is 1.95. The fraction of sp³-hybridized carbons (Fsp3) is 0.571. The highest BCUT2D eigenvalue weighted by Crippen LogP contribution is 2.29. The summed E-state index contributed by atoms with van der Waals surface area (Å²) < 4.78 is 0. The molecule has 1 aliphatic rings. The molecular weight excluding hydrogens is 198 g/mol. The molecule has 1 aromatic rings. The molecule has 0 atom stereocenters. The lowest BCUT2D eigenvalue weighted by Crippen LogP contribution is -2.45. The zero-order chi connectivity index (χ0) is 11.4. The van der Waals surface area contributed by atoms with Gasteiger partial charge < -0.3 is 10.4 Å². The summed E-state index contributed by atoms with van der Waals surface area (Å²) in [5.74, 6) is 0. The van der Waals surface area contributed by atoms with Crippen LogP contribution in [-0.2, 0) is 6.54 Å². The maximum Gasteiger partial charge on any atom is 0.0613 e. The van der Waals surface area contributed by atoms with Crippen LogP contribution in [0, 0.1) is 6.92 Å². The summed E-state index contributed by atoms with van der Waals surface area (Å²) >= 11 is 0. The van der Waals surface area contributed by atoms with Crippen molar-refractivity contribution in [3.8, 4) is 0 Å². The first kappa shape index (κ1) is 11.6. The minimum atomic E-state index is -0.0102. The van der Waals surface area contributed by atoms with Crippen molar-refractivity contribution in [1.29, 1.82) is 0 Å². The topological polar surface area (TPSA) is 32.3 Å². The Morgan fingerprint density at radius 1 is 1.31 bits per heavy atom. The molecule has 16 heavy (non-hydrogen) atoms. The van der Waals surface area contributed by atoms with Crippen LogP contribution in [0.4, 0.5) is 0 Å². The number of aryl methyl sites for hydroxylation is 1. The molecule has 0 bridgehead atoms. The maximum absolute atomic E-state index is 9.49. The van der Waals surface area contributed by atoms with Gasteiger partial charge in [0, 0.05) is 12.1 Å². The fourth-order valence-corrected chi connectivity index (χ4v) is 2.55. The van der Waals surface area contributed by atoms with Gasteiger partial charge in [-0.1, -0.05) is 42.7 Å². The van der Waals surface area contributed by atoms with Gasteiger partial charge in [-0.2, -0.15) is 0 Å².